The van der Waals surface area contributed by atoms with Gasteiger partial charge in [-0.3, -0.25) is 9.97 Å². The van der Waals surface area contributed by atoms with E-state index in [0.717, 1.165) is 17.6 Å². The van der Waals surface area contributed by atoms with Gasteiger partial charge in [0.1, 0.15) is 0 Å². The van der Waals surface area contributed by atoms with Crippen molar-refractivity contribution in [2.24, 2.45) is 0 Å². The van der Waals surface area contributed by atoms with Crippen LogP contribution >= 0.6 is 0 Å². The molecule has 16 heavy (non-hydrogen) atoms. The van der Waals surface area contributed by atoms with E-state index in [-0.39, 0.29) is 0 Å². The van der Waals surface area contributed by atoms with E-state index in [2.05, 4.69) is 33.5 Å². The molecule has 3 nitrogen and oxygen atoms in total. The van der Waals surface area contributed by atoms with Crippen LogP contribution < -0.4 is 5.32 Å². The maximum atomic E-state index is 4.35. The van der Waals surface area contributed by atoms with Gasteiger partial charge in [-0.05, 0) is 37.1 Å². The van der Waals surface area contributed by atoms with Crippen molar-refractivity contribution in [3.05, 3.63) is 36.2 Å². The molecule has 3 rings (SSSR count). The Morgan fingerprint density at radius 1 is 1.06 bits per heavy atom. The fourth-order valence-electron chi connectivity index (χ4n) is 2.33. The van der Waals surface area contributed by atoms with Crippen molar-refractivity contribution in [1.29, 1.82) is 0 Å². The summed E-state index contributed by atoms with van der Waals surface area (Å²) in [7, 11) is 0. The molecular formula is C13H15N3. The molecule has 82 valence electrons. The summed E-state index contributed by atoms with van der Waals surface area (Å²) in [6, 6.07) is 6.89. The fraction of sp³-hybridized carbons (Fsp3) is 0.385. The molecule has 3 heteroatoms. The molecule has 0 amide bonds. The van der Waals surface area contributed by atoms with E-state index in [1.807, 2.05) is 0 Å². The Balaban J connectivity index is 1.97. The number of fused-ring (bicyclic) bond motifs is 1. The van der Waals surface area contributed by atoms with E-state index in [1.54, 1.807) is 12.4 Å². The minimum absolute atomic E-state index is 0.500. The third kappa shape index (κ3) is 1.78. The number of benzene rings is 1. The van der Waals surface area contributed by atoms with Gasteiger partial charge in [0.15, 0.2) is 0 Å². The number of piperidine rings is 1. The number of hydrogen-bond acceptors (Lipinski definition) is 3. The van der Waals surface area contributed by atoms with Gasteiger partial charge in [0.25, 0.3) is 0 Å². The largest absolute Gasteiger partial charge is 0.310 e. The second-order valence-corrected chi connectivity index (χ2v) is 4.31. The summed E-state index contributed by atoms with van der Waals surface area (Å²) in [5, 5.41) is 3.55. The summed E-state index contributed by atoms with van der Waals surface area (Å²) in [6.45, 7) is 1.13. The number of rotatable bonds is 1. The van der Waals surface area contributed by atoms with Gasteiger partial charge < -0.3 is 5.32 Å². The first-order valence-electron chi connectivity index (χ1n) is 5.87. The fourth-order valence-corrected chi connectivity index (χ4v) is 2.33. The molecule has 1 saturated heterocycles. The molecule has 1 aromatic carbocycles. The maximum Gasteiger partial charge on any atom is 0.0890 e. The summed E-state index contributed by atoms with van der Waals surface area (Å²) in [6.07, 6.45) is 7.33. The van der Waals surface area contributed by atoms with Crippen LogP contribution in [0.5, 0.6) is 0 Å². The molecule has 0 spiro atoms. The molecule has 2 heterocycles. The third-order valence-electron chi connectivity index (χ3n) is 3.21. The summed E-state index contributed by atoms with van der Waals surface area (Å²) in [5.41, 5.74) is 3.31. The lowest BCUT2D eigenvalue weighted by Crippen LogP contribution is -2.26. The minimum atomic E-state index is 0.500. The van der Waals surface area contributed by atoms with Crippen molar-refractivity contribution >= 4 is 11.0 Å². The van der Waals surface area contributed by atoms with Crippen LogP contribution in [0.3, 0.4) is 0 Å². The van der Waals surface area contributed by atoms with Gasteiger partial charge in [0.2, 0.25) is 0 Å². The highest BCUT2D eigenvalue weighted by Crippen LogP contribution is 2.24. The molecule has 1 aliphatic rings. The number of nitrogens with zero attached hydrogens (tertiary/aromatic N) is 2. The molecule has 1 N–H and O–H groups in total. The molecule has 1 fully saturated rings. The first-order chi connectivity index (χ1) is 7.93. The van der Waals surface area contributed by atoms with Crippen LogP contribution in [0.2, 0.25) is 0 Å². The molecule has 1 aliphatic heterocycles. The highest BCUT2D eigenvalue weighted by molar-refractivity contribution is 5.74. The van der Waals surface area contributed by atoms with E-state index in [9.17, 15) is 0 Å². The van der Waals surface area contributed by atoms with Crippen LogP contribution in [-0.4, -0.2) is 16.5 Å². The Bertz CT molecular complexity index is 489. The van der Waals surface area contributed by atoms with Crippen LogP contribution in [0.15, 0.2) is 30.6 Å². The summed E-state index contributed by atoms with van der Waals surface area (Å²) in [4.78, 5) is 8.63. The smallest absolute Gasteiger partial charge is 0.0890 e. The highest BCUT2D eigenvalue weighted by Gasteiger charge is 2.14. The molecule has 0 radical (unpaired) electrons. The molecule has 0 saturated carbocycles. The molecular weight excluding hydrogens is 198 g/mol. The molecule has 2 aromatic rings. The van der Waals surface area contributed by atoms with Crippen LogP contribution in [-0.2, 0) is 0 Å². The average Bonchev–Trinajstić information content (AvgIpc) is 2.39. The maximum absolute atomic E-state index is 4.35. The average molecular weight is 213 g/mol. The van der Waals surface area contributed by atoms with Crippen LogP contribution in [0.1, 0.15) is 30.9 Å². The van der Waals surface area contributed by atoms with Crippen molar-refractivity contribution in [2.45, 2.75) is 25.3 Å². The number of aromatic nitrogens is 2. The summed E-state index contributed by atoms with van der Waals surface area (Å²) >= 11 is 0. The second-order valence-electron chi connectivity index (χ2n) is 4.31. The lowest BCUT2D eigenvalue weighted by molar-refractivity contribution is 0.412. The van der Waals surface area contributed by atoms with Crippen molar-refractivity contribution in [3.63, 3.8) is 0 Å². The van der Waals surface area contributed by atoms with Gasteiger partial charge in [-0.15, -0.1) is 0 Å². The summed E-state index contributed by atoms with van der Waals surface area (Å²) in [5.74, 6) is 0. The number of hydrogen-bond donors (Lipinski definition) is 1. The minimum Gasteiger partial charge on any atom is -0.310 e. The quantitative estimate of drug-likeness (QED) is 0.790. The highest BCUT2D eigenvalue weighted by atomic mass is 14.9. The van der Waals surface area contributed by atoms with Crippen molar-refractivity contribution in [2.75, 3.05) is 6.54 Å². The second kappa shape index (κ2) is 4.18. The Hall–Kier alpha value is -1.48. The van der Waals surface area contributed by atoms with Gasteiger partial charge in [-0.2, -0.15) is 0 Å². The first kappa shape index (κ1) is 9.73. The Morgan fingerprint density at radius 2 is 1.94 bits per heavy atom. The van der Waals surface area contributed by atoms with Crippen molar-refractivity contribution < 1.29 is 0 Å². The van der Waals surface area contributed by atoms with Crippen LogP contribution in [0.25, 0.3) is 11.0 Å². The zero-order chi connectivity index (χ0) is 10.8. The predicted octanol–water partition coefficient (Wildman–Crippen LogP) is 2.44. The molecule has 1 unspecified atom stereocenters. The third-order valence-corrected chi connectivity index (χ3v) is 3.21. The van der Waals surface area contributed by atoms with Crippen molar-refractivity contribution in [3.8, 4) is 0 Å². The number of nitrogens with one attached hydrogen (secondary N) is 1. The normalized spacial score (nSPS) is 21.1. The van der Waals surface area contributed by atoms with Gasteiger partial charge in [0.05, 0.1) is 11.0 Å². The van der Waals surface area contributed by atoms with Gasteiger partial charge in [0, 0.05) is 18.4 Å². The SMILES string of the molecule is c1cnc2cc(C3CCCCN3)ccc2n1. The lowest BCUT2D eigenvalue weighted by atomic mass is 9.97. The Kier molecular flexibility index (Phi) is 2.54. The zero-order valence-corrected chi connectivity index (χ0v) is 9.19. The Morgan fingerprint density at radius 3 is 2.75 bits per heavy atom. The van der Waals surface area contributed by atoms with Crippen molar-refractivity contribution in [1.82, 2.24) is 15.3 Å². The van der Waals surface area contributed by atoms with Crippen LogP contribution in [0, 0.1) is 0 Å². The monoisotopic (exact) mass is 213 g/mol. The molecule has 0 bridgehead atoms. The van der Waals surface area contributed by atoms with E-state index in [0.29, 0.717) is 6.04 Å². The Labute approximate surface area is 94.9 Å². The van der Waals surface area contributed by atoms with Gasteiger partial charge in [-0.25, -0.2) is 0 Å². The predicted molar refractivity (Wildman–Crippen MR) is 64.1 cm³/mol. The van der Waals surface area contributed by atoms with Crippen LogP contribution in [0.4, 0.5) is 0 Å². The zero-order valence-electron chi connectivity index (χ0n) is 9.19. The standard InChI is InChI=1S/C13H15N3/c1-2-6-14-11(3-1)10-4-5-12-13(9-10)16-8-7-15-12/h4-5,7-9,11,14H,1-3,6H2. The lowest BCUT2D eigenvalue weighted by Gasteiger charge is -2.23. The van der Waals surface area contributed by atoms with Gasteiger partial charge >= 0.3 is 0 Å². The van der Waals surface area contributed by atoms with E-state index < -0.39 is 0 Å². The molecule has 0 aliphatic carbocycles. The van der Waals surface area contributed by atoms with E-state index >= 15 is 0 Å². The summed E-state index contributed by atoms with van der Waals surface area (Å²) < 4.78 is 0. The van der Waals surface area contributed by atoms with Gasteiger partial charge in [-0.1, -0.05) is 12.5 Å². The molecule has 1 atom stereocenters. The topological polar surface area (TPSA) is 37.8 Å². The first-order valence-corrected chi connectivity index (χ1v) is 5.87. The van der Waals surface area contributed by atoms with E-state index in [1.165, 1.54) is 24.8 Å². The molecule has 1 aromatic heterocycles. The van der Waals surface area contributed by atoms with E-state index in [4.69, 9.17) is 0 Å².